The number of benzene rings is 1. The molecular weight excluding hydrogens is 386 g/mol. The molecule has 162 valence electrons. The Balaban J connectivity index is 1.51. The second-order valence-electron chi connectivity index (χ2n) is 8.84. The van der Waals surface area contributed by atoms with E-state index in [0.717, 1.165) is 12.0 Å². The Bertz CT molecular complexity index is 784. The third-order valence-electron chi connectivity index (χ3n) is 6.34. The molecule has 1 aliphatic heterocycles. The number of nitrogens with one attached hydrogen (secondary N) is 1. The van der Waals surface area contributed by atoms with Crippen LogP contribution in [0.4, 0.5) is 0 Å². The summed E-state index contributed by atoms with van der Waals surface area (Å²) in [5.41, 5.74) is 1.13. The first kappa shape index (κ1) is 22.2. The van der Waals surface area contributed by atoms with E-state index in [2.05, 4.69) is 31.0 Å². The van der Waals surface area contributed by atoms with E-state index in [1.807, 2.05) is 12.1 Å². The van der Waals surface area contributed by atoms with Gasteiger partial charge in [0.05, 0.1) is 11.4 Å². The van der Waals surface area contributed by atoms with Crippen LogP contribution in [0.5, 0.6) is 0 Å². The summed E-state index contributed by atoms with van der Waals surface area (Å²) >= 11 is 0. The molecule has 0 aromatic heterocycles. The van der Waals surface area contributed by atoms with Gasteiger partial charge >= 0.3 is 0 Å². The van der Waals surface area contributed by atoms with Gasteiger partial charge in [-0.05, 0) is 42.4 Å². The van der Waals surface area contributed by atoms with Crippen molar-refractivity contribution in [3.8, 4) is 0 Å². The van der Waals surface area contributed by atoms with Crippen LogP contribution in [-0.4, -0.2) is 62.3 Å². The van der Waals surface area contributed by atoms with Gasteiger partial charge in [-0.25, -0.2) is 8.42 Å². The molecule has 2 atom stereocenters. The van der Waals surface area contributed by atoms with Gasteiger partial charge in [0.2, 0.25) is 15.9 Å². The summed E-state index contributed by atoms with van der Waals surface area (Å²) in [6, 6.07) is 7.48. The van der Waals surface area contributed by atoms with Crippen LogP contribution in [0.3, 0.4) is 0 Å². The lowest BCUT2D eigenvalue weighted by molar-refractivity contribution is -0.123. The monoisotopic (exact) mass is 421 g/mol. The van der Waals surface area contributed by atoms with Crippen molar-refractivity contribution in [2.45, 2.75) is 63.3 Å². The summed E-state index contributed by atoms with van der Waals surface area (Å²) in [4.78, 5) is 14.8. The molecule has 2 aliphatic rings. The van der Waals surface area contributed by atoms with Gasteiger partial charge in [-0.15, -0.1) is 0 Å². The van der Waals surface area contributed by atoms with Gasteiger partial charge in [0.25, 0.3) is 0 Å². The van der Waals surface area contributed by atoms with Gasteiger partial charge in [0, 0.05) is 32.2 Å². The first-order valence-corrected chi connectivity index (χ1v) is 12.3. The lowest BCUT2D eigenvalue weighted by Gasteiger charge is -2.34. The number of sulfonamides is 1. The first-order valence-electron chi connectivity index (χ1n) is 10.9. The largest absolute Gasteiger partial charge is 0.352 e. The number of rotatable bonds is 6. The number of nitrogens with zero attached hydrogens (tertiary/aromatic N) is 2. The van der Waals surface area contributed by atoms with Crippen LogP contribution >= 0.6 is 0 Å². The molecule has 1 N–H and O–H groups in total. The summed E-state index contributed by atoms with van der Waals surface area (Å²) in [6.45, 7) is 8.74. The van der Waals surface area contributed by atoms with Crippen molar-refractivity contribution >= 4 is 15.9 Å². The molecule has 0 unspecified atom stereocenters. The lowest BCUT2D eigenvalue weighted by Crippen LogP contribution is -2.52. The molecule has 1 saturated heterocycles. The van der Waals surface area contributed by atoms with Crippen LogP contribution in [0.15, 0.2) is 29.2 Å². The van der Waals surface area contributed by atoms with Gasteiger partial charge in [0.1, 0.15) is 0 Å². The predicted molar refractivity (Wildman–Crippen MR) is 115 cm³/mol. The smallest absolute Gasteiger partial charge is 0.243 e. The molecule has 1 aromatic rings. The fourth-order valence-electron chi connectivity index (χ4n) is 4.29. The minimum atomic E-state index is -3.48. The standard InChI is InChI=1S/C22H35N3O3S/c1-17(2)19-8-10-20(11-9-19)29(27,28)25-14-12-24(13-15-25)16-22(26)23-21-7-5-4-6-18(21)3/h8-11,17-18,21H,4-7,12-16H2,1-3H3,(H,23,26)/t18-,21-/m0/s1. The molecule has 0 radical (unpaired) electrons. The number of hydrogen-bond donors (Lipinski definition) is 1. The van der Waals surface area contributed by atoms with Gasteiger partial charge in [-0.2, -0.15) is 4.31 Å². The highest BCUT2D eigenvalue weighted by atomic mass is 32.2. The van der Waals surface area contributed by atoms with Crippen LogP contribution in [0.1, 0.15) is 57.9 Å². The Labute approximate surface area is 175 Å². The molecular formula is C22H35N3O3S. The van der Waals surface area contributed by atoms with Crippen molar-refractivity contribution in [2.75, 3.05) is 32.7 Å². The number of carbonyl (C=O) groups excluding carboxylic acids is 1. The number of piperazine rings is 1. The van der Waals surface area contributed by atoms with Crippen molar-refractivity contribution in [1.82, 2.24) is 14.5 Å². The second-order valence-corrected chi connectivity index (χ2v) is 10.8. The Morgan fingerprint density at radius 2 is 1.69 bits per heavy atom. The van der Waals surface area contributed by atoms with Crippen LogP contribution < -0.4 is 5.32 Å². The van der Waals surface area contributed by atoms with E-state index in [1.54, 1.807) is 12.1 Å². The zero-order valence-electron chi connectivity index (χ0n) is 17.9. The van der Waals surface area contributed by atoms with Gasteiger partial charge < -0.3 is 5.32 Å². The van der Waals surface area contributed by atoms with Crippen molar-refractivity contribution < 1.29 is 13.2 Å². The fraction of sp³-hybridized carbons (Fsp3) is 0.682. The van der Waals surface area contributed by atoms with E-state index in [1.165, 1.54) is 23.6 Å². The highest BCUT2D eigenvalue weighted by Gasteiger charge is 2.30. The van der Waals surface area contributed by atoms with Crippen LogP contribution in [0.2, 0.25) is 0 Å². The lowest BCUT2D eigenvalue weighted by atomic mass is 9.86. The van der Waals surface area contributed by atoms with Crippen molar-refractivity contribution in [1.29, 1.82) is 0 Å². The minimum absolute atomic E-state index is 0.0596. The zero-order chi connectivity index (χ0) is 21.0. The van der Waals surface area contributed by atoms with Crippen LogP contribution in [0.25, 0.3) is 0 Å². The molecule has 1 amide bonds. The summed E-state index contributed by atoms with van der Waals surface area (Å²) in [5.74, 6) is 0.971. The van der Waals surface area contributed by atoms with E-state index in [4.69, 9.17) is 0 Å². The maximum Gasteiger partial charge on any atom is 0.243 e. The number of amides is 1. The topological polar surface area (TPSA) is 69.7 Å². The molecule has 3 rings (SSSR count). The van der Waals surface area contributed by atoms with E-state index in [-0.39, 0.29) is 11.9 Å². The van der Waals surface area contributed by atoms with Crippen molar-refractivity contribution in [2.24, 2.45) is 5.92 Å². The molecule has 1 saturated carbocycles. The highest BCUT2D eigenvalue weighted by Crippen LogP contribution is 2.24. The molecule has 0 bridgehead atoms. The molecule has 29 heavy (non-hydrogen) atoms. The SMILES string of the molecule is CC(C)c1ccc(S(=O)(=O)N2CCN(CC(=O)N[C@H]3CCCC[C@@H]3C)CC2)cc1. The molecule has 7 heteroatoms. The minimum Gasteiger partial charge on any atom is -0.352 e. The fourth-order valence-corrected chi connectivity index (χ4v) is 5.71. The van der Waals surface area contributed by atoms with E-state index in [9.17, 15) is 13.2 Å². The Morgan fingerprint density at radius 3 is 2.28 bits per heavy atom. The molecule has 1 aromatic carbocycles. The second kappa shape index (κ2) is 9.58. The normalized spacial score (nSPS) is 24.6. The maximum atomic E-state index is 12.9. The third-order valence-corrected chi connectivity index (χ3v) is 8.25. The van der Waals surface area contributed by atoms with Gasteiger partial charge in [-0.1, -0.05) is 45.7 Å². The van der Waals surface area contributed by atoms with E-state index >= 15 is 0 Å². The predicted octanol–water partition coefficient (Wildman–Crippen LogP) is 2.81. The summed E-state index contributed by atoms with van der Waals surface area (Å²) < 4.78 is 27.4. The molecule has 0 spiro atoms. The quantitative estimate of drug-likeness (QED) is 0.767. The van der Waals surface area contributed by atoms with Crippen LogP contribution in [0, 0.1) is 5.92 Å². The Morgan fingerprint density at radius 1 is 1.07 bits per heavy atom. The third kappa shape index (κ3) is 5.58. The van der Waals surface area contributed by atoms with E-state index < -0.39 is 10.0 Å². The first-order chi connectivity index (χ1) is 13.8. The Kier molecular flexibility index (Phi) is 7.35. The number of carbonyl (C=O) groups is 1. The Hall–Kier alpha value is -1.44. The van der Waals surface area contributed by atoms with Gasteiger partial charge in [0.15, 0.2) is 0 Å². The van der Waals surface area contributed by atoms with Crippen molar-refractivity contribution in [3.05, 3.63) is 29.8 Å². The molecule has 1 heterocycles. The molecule has 6 nitrogen and oxygen atoms in total. The van der Waals surface area contributed by atoms with Crippen LogP contribution in [-0.2, 0) is 14.8 Å². The van der Waals surface area contributed by atoms with Crippen molar-refractivity contribution in [3.63, 3.8) is 0 Å². The highest BCUT2D eigenvalue weighted by molar-refractivity contribution is 7.89. The molecule has 1 aliphatic carbocycles. The summed E-state index contributed by atoms with van der Waals surface area (Å²) in [7, 11) is -3.48. The molecule has 2 fully saturated rings. The zero-order valence-corrected chi connectivity index (χ0v) is 18.7. The average molecular weight is 422 g/mol. The average Bonchev–Trinajstić information content (AvgIpc) is 2.70. The van der Waals surface area contributed by atoms with E-state index in [0.29, 0.717) is 49.5 Å². The number of hydrogen-bond acceptors (Lipinski definition) is 4. The maximum absolute atomic E-state index is 12.9. The summed E-state index contributed by atoms with van der Waals surface area (Å²) in [5, 5.41) is 3.19. The summed E-state index contributed by atoms with van der Waals surface area (Å²) in [6.07, 6.45) is 4.68. The van der Waals surface area contributed by atoms with Gasteiger partial charge in [-0.3, -0.25) is 9.69 Å².